The minimum Gasteiger partial charge on any atom is -0.458 e. The molecule has 14 rings (SSSR count). The lowest BCUT2D eigenvalue weighted by Gasteiger charge is -2.42. The summed E-state index contributed by atoms with van der Waals surface area (Å²) < 4.78 is 7.27. The molecule has 0 N–H and O–H groups in total. The van der Waals surface area contributed by atoms with Gasteiger partial charge in [0.25, 0.3) is 6.71 Å². The number of nitrogens with zero attached hydrogens (tertiary/aromatic N) is 1. The number of benzene rings is 10. The van der Waals surface area contributed by atoms with E-state index in [-0.39, 0.29) is 12.1 Å². The minimum atomic E-state index is -2.83. The Morgan fingerprint density at radius 3 is 1.79 bits per heavy atom. The van der Waals surface area contributed by atoms with Crippen LogP contribution in [0.5, 0.6) is 11.5 Å². The van der Waals surface area contributed by atoms with Gasteiger partial charge in [-0.2, -0.15) is 0 Å². The Labute approximate surface area is 399 Å². The van der Waals surface area contributed by atoms with E-state index in [1.54, 1.807) is 0 Å². The maximum atomic E-state index is 7.27. The molecule has 3 aliphatic heterocycles. The second kappa shape index (κ2) is 14.5. The van der Waals surface area contributed by atoms with Gasteiger partial charge in [-0.15, -0.1) is 0 Å². The van der Waals surface area contributed by atoms with E-state index in [2.05, 4.69) is 250 Å². The molecule has 4 aliphatic rings. The molecule has 0 radical (unpaired) electrons. The summed E-state index contributed by atoms with van der Waals surface area (Å²) in [6.07, 6.45) is 0. The zero-order valence-electron chi connectivity index (χ0n) is 38.3. The predicted octanol–water partition coefficient (Wildman–Crippen LogP) is 11.4. The molecule has 68 heavy (non-hydrogen) atoms. The zero-order valence-corrected chi connectivity index (χ0v) is 39.3. The van der Waals surface area contributed by atoms with E-state index in [0.717, 1.165) is 34.0 Å². The largest absolute Gasteiger partial charge is 0.458 e. The summed E-state index contributed by atoms with van der Waals surface area (Å²) in [5.74, 6) is 1.84. The highest BCUT2D eigenvalue weighted by Crippen LogP contribution is 2.50. The van der Waals surface area contributed by atoms with Gasteiger partial charge in [0, 0.05) is 22.4 Å². The van der Waals surface area contributed by atoms with Gasteiger partial charge >= 0.3 is 0 Å². The number of hydrogen-bond acceptors (Lipinski definition) is 2. The number of para-hydroxylation sites is 1. The highest BCUT2D eigenvalue weighted by molar-refractivity contribution is 7.22. The van der Waals surface area contributed by atoms with Gasteiger partial charge in [0.05, 0.1) is 5.69 Å². The Bertz CT molecular complexity index is 3670. The topological polar surface area (TPSA) is 12.5 Å². The fourth-order valence-electron chi connectivity index (χ4n) is 12.7. The molecule has 0 bridgehead atoms. The van der Waals surface area contributed by atoms with Crippen LogP contribution in [-0.2, 0) is 5.41 Å². The van der Waals surface area contributed by atoms with Crippen LogP contribution in [0.1, 0.15) is 30.5 Å². The van der Waals surface area contributed by atoms with Gasteiger partial charge in [0.2, 0.25) is 0 Å². The maximum Gasteiger partial charge on any atom is 0.256 e. The number of hydrogen-bond donors (Lipinski definition) is 0. The molecule has 3 heterocycles. The van der Waals surface area contributed by atoms with Crippen LogP contribution in [0.15, 0.2) is 224 Å². The monoisotopic (exact) mass is 883 g/mol. The molecule has 0 unspecified atom stereocenters. The van der Waals surface area contributed by atoms with Crippen molar-refractivity contribution in [2.24, 2.45) is 0 Å². The highest BCUT2D eigenvalue weighted by atomic mass is 28.3. The Morgan fingerprint density at radius 2 is 1.03 bits per heavy atom. The van der Waals surface area contributed by atoms with Crippen LogP contribution in [0.4, 0.5) is 17.1 Å². The van der Waals surface area contributed by atoms with Gasteiger partial charge in [-0.05, 0) is 136 Å². The number of aryl methyl sites for hydroxylation is 1. The van der Waals surface area contributed by atoms with E-state index in [0.29, 0.717) is 0 Å². The first-order valence-electron chi connectivity index (χ1n) is 23.9. The Hall–Kier alpha value is -7.92. The standard InChI is InChI=1S/C64H46BNOSi/c1-41-35-58-63-60(36-41)67-59-38-44(43-31-33-53-50(37-43)48-26-13-16-28-52(48)64(53,2)3)32-34-54(59)65(63)55-40-62-51(39-57(55)66(58)56-29-17-14-25-47(56)42-19-7-4-8-20-42)49-27-15-18-30-61(49)68(62,45-21-9-5-10-22-45)46-23-11-6-12-24-46/h4-40H,1-3H3. The van der Waals surface area contributed by atoms with Crippen LogP contribution in [0, 0.1) is 6.92 Å². The number of anilines is 3. The maximum absolute atomic E-state index is 7.27. The van der Waals surface area contributed by atoms with Gasteiger partial charge < -0.3 is 9.64 Å². The average molecular weight is 884 g/mol. The number of fused-ring (bicyclic) bond motifs is 10. The molecule has 2 nitrogen and oxygen atoms in total. The average Bonchev–Trinajstić information content (AvgIpc) is 3.80. The SMILES string of the molecule is Cc1cc2c3c(c1)N(c1ccccc1-c1ccccc1)c1cc4c(cc1B3c1ccc(-c3ccc5c(c3)-c3ccccc3C5(C)C)cc1O2)[Si](c1ccccc1)(c1ccccc1)c1ccccc1-4. The van der Waals surface area contributed by atoms with Crippen molar-refractivity contribution in [3.8, 4) is 56.0 Å². The second-order valence-electron chi connectivity index (χ2n) is 19.6. The number of rotatable bonds is 5. The summed E-state index contributed by atoms with van der Waals surface area (Å²) in [7, 11) is -2.83. The summed E-state index contributed by atoms with van der Waals surface area (Å²) in [5.41, 5.74) is 21.1. The first-order valence-corrected chi connectivity index (χ1v) is 25.9. The van der Waals surface area contributed by atoms with Gasteiger partial charge in [-0.25, -0.2) is 0 Å². The molecule has 0 amide bonds. The van der Waals surface area contributed by atoms with E-state index >= 15 is 0 Å². The van der Waals surface area contributed by atoms with Gasteiger partial charge in [0.15, 0.2) is 8.07 Å². The second-order valence-corrected chi connectivity index (χ2v) is 23.3. The molecule has 0 atom stereocenters. The van der Waals surface area contributed by atoms with Crippen LogP contribution < -0.4 is 46.8 Å². The van der Waals surface area contributed by atoms with Crippen molar-refractivity contribution < 1.29 is 4.74 Å². The molecular weight excluding hydrogens is 838 g/mol. The van der Waals surface area contributed by atoms with Crippen molar-refractivity contribution in [1.82, 2.24) is 0 Å². The van der Waals surface area contributed by atoms with Crippen molar-refractivity contribution in [3.63, 3.8) is 0 Å². The van der Waals surface area contributed by atoms with E-state index in [1.165, 1.54) is 92.9 Å². The van der Waals surface area contributed by atoms with Crippen LogP contribution in [-0.4, -0.2) is 14.8 Å². The van der Waals surface area contributed by atoms with Crippen LogP contribution >= 0.6 is 0 Å². The Kier molecular flexibility index (Phi) is 8.40. The van der Waals surface area contributed by atoms with Crippen molar-refractivity contribution in [3.05, 3.63) is 241 Å². The zero-order chi connectivity index (χ0) is 45.3. The minimum absolute atomic E-state index is 0.0461. The normalized spacial score (nSPS) is 14.7. The van der Waals surface area contributed by atoms with Crippen LogP contribution in [0.25, 0.3) is 44.5 Å². The Balaban J connectivity index is 1.04. The molecule has 0 saturated heterocycles. The molecule has 4 heteroatoms. The van der Waals surface area contributed by atoms with Gasteiger partial charge in [0.1, 0.15) is 11.5 Å². The fourth-order valence-corrected chi connectivity index (χ4v) is 17.9. The fraction of sp³-hybridized carbons (Fsp3) is 0.0625. The summed E-state index contributed by atoms with van der Waals surface area (Å²) in [4.78, 5) is 2.56. The van der Waals surface area contributed by atoms with Crippen molar-refractivity contribution >= 4 is 69.0 Å². The summed E-state index contributed by atoms with van der Waals surface area (Å²) in [6.45, 7) is 6.83. The molecule has 0 spiro atoms. The summed E-state index contributed by atoms with van der Waals surface area (Å²) >= 11 is 0. The van der Waals surface area contributed by atoms with E-state index in [1.807, 2.05) is 0 Å². The van der Waals surface area contributed by atoms with Crippen LogP contribution in [0.3, 0.4) is 0 Å². The van der Waals surface area contributed by atoms with Crippen molar-refractivity contribution in [1.29, 1.82) is 0 Å². The molecule has 10 aromatic rings. The van der Waals surface area contributed by atoms with Crippen molar-refractivity contribution in [2.45, 2.75) is 26.2 Å². The lowest BCUT2D eigenvalue weighted by molar-refractivity contribution is 0.487. The molecule has 10 aromatic carbocycles. The molecular formula is C64H46BNOSi. The lowest BCUT2D eigenvalue weighted by atomic mass is 9.34. The van der Waals surface area contributed by atoms with E-state index < -0.39 is 8.07 Å². The predicted molar refractivity (Wildman–Crippen MR) is 288 cm³/mol. The van der Waals surface area contributed by atoms with Crippen LogP contribution in [0.2, 0.25) is 0 Å². The molecule has 0 aromatic heterocycles. The first kappa shape index (κ1) is 39.3. The van der Waals surface area contributed by atoms with E-state index in [9.17, 15) is 0 Å². The van der Waals surface area contributed by atoms with Crippen molar-refractivity contribution in [2.75, 3.05) is 4.90 Å². The third kappa shape index (κ3) is 5.41. The highest BCUT2D eigenvalue weighted by Gasteiger charge is 2.51. The molecule has 0 fully saturated rings. The van der Waals surface area contributed by atoms with E-state index in [4.69, 9.17) is 4.74 Å². The third-order valence-electron chi connectivity index (χ3n) is 15.6. The van der Waals surface area contributed by atoms with Gasteiger partial charge in [-0.1, -0.05) is 202 Å². The first-order chi connectivity index (χ1) is 33.4. The number of ether oxygens (including phenoxy) is 1. The molecule has 1 aliphatic carbocycles. The Morgan fingerprint density at radius 1 is 0.412 bits per heavy atom. The molecule has 320 valence electrons. The lowest BCUT2D eigenvalue weighted by Crippen LogP contribution is -2.73. The quantitative estimate of drug-likeness (QED) is 0.160. The third-order valence-corrected chi connectivity index (χ3v) is 20.5. The summed E-state index contributed by atoms with van der Waals surface area (Å²) in [5, 5.41) is 5.67. The smallest absolute Gasteiger partial charge is 0.256 e. The summed E-state index contributed by atoms with van der Waals surface area (Å²) in [6, 6.07) is 84.6. The van der Waals surface area contributed by atoms with Gasteiger partial charge in [-0.3, -0.25) is 0 Å². The molecule has 0 saturated carbocycles.